The van der Waals surface area contributed by atoms with Crippen LogP contribution in [0.4, 0.5) is 0 Å². The van der Waals surface area contributed by atoms with Crippen LogP contribution >= 0.6 is 0 Å². The summed E-state index contributed by atoms with van der Waals surface area (Å²) in [6.45, 7) is 17.0. The summed E-state index contributed by atoms with van der Waals surface area (Å²) in [5.74, 6) is -0.628. The summed E-state index contributed by atoms with van der Waals surface area (Å²) < 4.78 is 26.3. The van der Waals surface area contributed by atoms with Crippen LogP contribution in [0.3, 0.4) is 0 Å². The third-order valence-electron chi connectivity index (χ3n) is 23.3. The van der Waals surface area contributed by atoms with Gasteiger partial charge in [-0.3, -0.25) is 4.79 Å². The van der Waals surface area contributed by atoms with E-state index in [2.05, 4.69) is 45.1 Å². The molecule has 0 amide bonds. The number of benzene rings is 1. The van der Waals surface area contributed by atoms with Gasteiger partial charge in [-0.25, -0.2) is 0 Å². The van der Waals surface area contributed by atoms with Crippen LogP contribution < -0.4 is 0 Å². The van der Waals surface area contributed by atoms with Crippen LogP contribution in [0.25, 0.3) is 0 Å². The fraction of sp³-hybridized carbons (Fsp3) is 0.804. The van der Waals surface area contributed by atoms with E-state index in [1.807, 2.05) is 27.7 Å². The van der Waals surface area contributed by atoms with Gasteiger partial charge >= 0.3 is 0 Å². The maximum Gasteiger partial charge on any atom is 0.201 e. The van der Waals surface area contributed by atoms with E-state index in [-0.39, 0.29) is 47.5 Å². The lowest BCUT2D eigenvalue weighted by Gasteiger charge is -2.62. The molecule has 3 spiro atoms. The molecule has 21 atom stereocenters. The largest absolute Gasteiger partial charge is 0.393 e. The summed E-state index contributed by atoms with van der Waals surface area (Å²) in [4.78, 5) is 15.0. The summed E-state index contributed by atoms with van der Waals surface area (Å²) in [7, 11) is 0. The van der Waals surface area contributed by atoms with Crippen LogP contribution in [-0.2, 0) is 49.4 Å². The zero-order chi connectivity index (χ0) is 46.3. The average Bonchev–Trinajstić information content (AvgIpc) is 3.98. The number of aliphatic hydroxyl groups is 5. The Morgan fingerprint density at radius 1 is 0.712 bits per heavy atom. The third-order valence-corrected chi connectivity index (χ3v) is 23.3. The molecular weight excluding hydrogens is 833 g/mol. The zero-order valence-electron chi connectivity index (χ0n) is 40.7. The minimum atomic E-state index is -1.47. The molecule has 4 aliphatic heterocycles. The van der Waals surface area contributed by atoms with Crippen LogP contribution in [0, 0.1) is 74.9 Å². The number of hydrogen-bond acceptors (Lipinski definition) is 10. The number of Topliss-reactive ketones (excluding diaryl/α,β-unsaturated/α-hetero) is 1. The molecule has 360 valence electrons. The predicted molar refractivity (Wildman–Crippen MR) is 244 cm³/mol. The van der Waals surface area contributed by atoms with E-state index >= 15 is 0 Å². The first-order chi connectivity index (χ1) is 31.0. The van der Waals surface area contributed by atoms with E-state index in [4.69, 9.17) is 18.9 Å². The van der Waals surface area contributed by atoms with Gasteiger partial charge in [0.15, 0.2) is 5.79 Å². The normalized spacial score (nSPS) is 56.8. The van der Waals surface area contributed by atoms with Gasteiger partial charge in [0.25, 0.3) is 0 Å². The molecule has 66 heavy (non-hydrogen) atoms. The molecule has 4 saturated carbocycles. The van der Waals surface area contributed by atoms with E-state index < -0.39 is 69.5 Å². The summed E-state index contributed by atoms with van der Waals surface area (Å²) >= 11 is 0. The van der Waals surface area contributed by atoms with E-state index in [9.17, 15) is 30.3 Å². The molecular formula is C56H76O10. The Labute approximate surface area is 391 Å². The van der Waals surface area contributed by atoms with Gasteiger partial charge in [-0.1, -0.05) is 70.0 Å². The highest BCUT2D eigenvalue weighted by molar-refractivity contribution is 5.91. The molecule has 12 aliphatic rings. The quantitative estimate of drug-likeness (QED) is 0.192. The molecule has 5 N–H and O–H groups in total. The minimum absolute atomic E-state index is 0.0142. The number of rotatable bonds is 1. The topological polar surface area (TPSA) is 155 Å². The first kappa shape index (κ1) is 44.0. The van der Waals surface area contributed by atoms with E-state index in [1.165, 1.54) is 27.8 Å². The highest BCUT2D eigenvalue weighted by atomic mass is 16.7. The Hall–Kier alpha value is -1.99. The van der Waals surface area contributed by atoms with Crippen molar-refractivity contribution in [1.82, 2.24) is 0 Å². The van der Waals surface area contributed by atoms with Crippen molar-refractivity contribution >= 4 is 5.78 Å². The van der Waals surface area contributed by atoms with E-state index in [0.29, 0.717) is 55.3 Å². The maximum atomic E-state index is 15.0. The SMILES string of the molecule is C[C@@H]1[C@]2(O[C@H]3C=C4C5CC[C@H]6Cc7cc8c(cc7C[C@]6(C)C5C[C@@H](O)[C@]4(C)[C@]31O)C[C@@H]1CCC3C4=CC[C@@H]5[C@H](C)[C@@]6(OC[C@]45C(=O)CC3[C@@]1(C)C8)OC(C)(C)C[C@H]6O)O[C@](C)(CO)C[C@H]2O. The second-order valence-electron chi connectivity index (χ2n) is 26.4. The molecule has 10 heteroatoms. The summed E-state index contributed by atoms with van der Waals surface area (Å²) in [5.41, 5.74) is 3.97. The highest BCUT2D eigenvalue weighted by Crippen LogP contribution is 2.72. The van der Waals surface area contributed by atoms with Crippen molar-refractivity contribution < 1.29 is 49.3 Å². The number of ether oxygens (including phenoxy) is 4. The maximum absolute atomic E-state index is 15.0. The van der Waals surface area contributed by atoms with Gasteiger partial charge in [0.1, 0.15) is 29.7 Å². The lowest BCUT2D eigenvalue weighted by atomic mass is 9.43. The first-order valence-corrected chi connectivity index (χ1v) is 26.2. The Morgan fingerprint density at radius 3 is 1.94 bits per heavy atom. The predicted octanol–water partition coefficient (Wildman–Crippen LogP) is 6.71. The van der Waals surface area contributed by atoms with Crippen molar-refractivity contribution in [1.29, 1.82) is 0 Å². The monoisotopic (exact) mass is 909 g/mol. The summed E-state index contributed by atoms with van der Waals surface area (Å²) in [5, 5.41) is 58.4. The number of hydrogen-bond donors (Lipinski definition) is 5. The Balaban J connectivity index is 0.762. The zero-order valence-corrected chi connectivity index (χ0v) is 40.7. The molecule has 0 bridgehead atoms. The van der Waals surface area contributed by atoms with Gasteiger partial charge in [-0.15, -0.1) is 0 Å². The molecule has 4 saturated heterocycles. The number of ketones is 1. The van der Waals surface area contributed by atoms with Crippen LogP contribution in [-0.4, -0.2) is 97.3 Å². The van der Waals surface area contributed by atoms with Crippen molar-refractivity contribution in [2.24, 2.45) is 74.9 Å². The second-order valence-corrected chi connectivity index (χ2v) is 26.4. The first-order valence-electron chi connectivity index (χ1n) is 26.2. The number of carbonyl (C=O) groups excluding carboxylic acids is 1. The van der Waals surface area contributed by atoms with Gasteiger partial charge in [0.2, 0.25) is 5.79 Å². The molecule has 4 unspecified atom stereocenters. The van der Waals surface area contributed by atoms with Crippen LogP contribution in [0.15, 0.2) is 35.4 Å². The smallest absolute Gasteiger partial charge is 0.201 e. The van der Waals surface area contributed by atoms with Gasteiger partial charge < -0.3 is 44.5 Å². The second kappa shape index (κ2) is 13.3. The molecule has 1 aromatic rings. The molecule has 8 aliphatic carbocycles. The Morgan fingerprint density at radius 2 is 1.33 bits per heavy atom. The number of aliphatic hydroxyl groups excluding tert-OH is 4. The Kier molecular flexibility index (Phi) is 8.86. The molecule has 8 fully saturated rings. The van der Waals surface area contributed by atoms with Gasteiger partial charge in [-0.2, -0.15) is 0 Å². The molecule has 1 aromatic carbocycles. The van der Waals surface area contributed by atoms with Crippen LogP contribution in [0.1, 0.15) is 135 Å². The van der Waals surface area contributed by atoms with Gasteiger partial charge in [0, 0.05) is 36.5 Å². The molecule has 13 rings (SSSR count). The van der Waals surface area contributed by atoms with Crippen molar-refractivity contribution in [3.63, 3.8) is 0 Å². The third kappa shape index (κ3) is 4.99. The minimum Gasteiger partial charge on any atom is -0.393 e. The lowest BCUT2D eigenvalue weighted by Crippen LogP contribution is -2.65. The van der Waals surface area contributed by atoms with Crippen molar-refractivity contribution in [2.45, 2.75) is 192 Å². The number of carbonyl (C=O) groups is 1. The van der Waals surface area contributed by atoms with Gasteiger partial charge in [-0.05, 0) is 159 Å². The van der Waals surface area contributed by atoms with Crippen LogP contribution in [0.2, 0.25) is 0 Å². The lowest BCUT2D eigenvalue weighted by molar-refractivity contribution is -0.336. The van der Waals surface area contributed by atoms with Crippen LogP contribution in [0.5, 0.6) is 0 Å². The van der Waals surface area contributed by atoms with E-state index in [0.717, 1.165) is 63.4 Å². The number of allylic oxidation sites excluding steroid dienone is 1. The van der Waals surface area contributed by atoms with E-state index in [1.54, 1.807) is 6.92 Å². The van der Waals surface area contributed by atoms with Crippen molar-refractivity contribution in [2.75, 3.05) is 13.2 Å². The Bertz CT molecular complexity index is 2370. The molecule has 0 aromatic heterocycles. The average molecular weight is 909 g/mol. The number of fused-ring (bicyclic) bond motifs is 13. The molecule has 0 radical (unpaired) electrons. The van der Waals surface area contributed by atoms with Crippen molar-refractivity contribution in [3.05, 3.63) is 57.7 Å². The highest BCUT2D eigenvalue weighted by Gasteiger charge is 2.79. The van der Waals surface area contributed by atoms with Gasteiger partial charge in [0.05, 0.1) is 35.9 Å². The molecule has 4 heterocycles. The standard InChI is InChI=1S/C56H76O10/c1-28-38-13-14-39-36-11-9-34-17-30-15-32-22-50(6)35(18-31(32)16-33(30)23-51(34,7)41(36)20-44(59)53(38,39)27-63-55(28)45(60)24-48(3,4)65-55)10-12-37-40(50)19-43(58)52(8)42(37)21-47-54(52,62)29(2)56(64-47)46(61)25-49(5,26-57)66-56/h14-16,21,28-29,34-38,40-41,43,45-47,57-58,60-62H,9-13,17-20,22-27H2,1-8H3/t28-,29-,34-,35-,36?,37?,38+,40?,41?,43+,45+,46+,47-,49-,50-,51-,52+,53+,54+,55+,56-/m0/s1. The molecule has 10 nitrogen and oxygen atoms in total. The summed E-state index contributed by atoms with van der Waals surface area (Å²) in [6, 6.07) is 5.17. The fourth-order valence-corrected chi connectivity index (χ4v) is 19.8. The van der Waals surface area contributed by atoms with Crippen molar-refractivity contribution in [3.8, 4) is 0 Å². The summed E-state index contributed by atoms with van der Waals surface area (Å²) in [6.07, 6.45) is 12.6. The fourth-order valence-electron chi connectivity index (χ4n) is 19.8.